The van der Waals surface area contributed by atoms with Crippen LogP contribution in [0.5, 0.6) is 0 Å². The molecule has 2 aliphatic heterocycles. The molecule has 170 valence electrons. The first-order valence-electron chi connectivity index (χ1n) is 11.3. The minimum atomic E-state index is -0.0654. The van der Waals surface area contributed by atoms with Crippen LogP contribution in [0.4, 0.5) is 11.6 Å². The van der Waals surface area contributed by atoms with Gasteiger partial charge in [0.1, 0.15) is 11.6 Å². The maximum absolute atomic E-state index is 9.46. The highest BCUT2D eigenvalue weighted by molar-refractivity contribution is 5.99. The standard InChI is InChI=1S/C24H29N9/c1-16-19-14-31(21-13-26-17-8-6-7-9-18(17)28-21)10-11-32(19)23(27-15-25)33(16)22-12-20(24(2,3)4)29-30(22)5/h6-9,12-13,16,19H,10-11,14H2,1-5H3. The van der Waals surface area contributed by atoms with Crippen molar-refractivity contribution in [2.24, 2.45) is 12.0 Å². The van der Waals surface area contributed by atoms with Crippen molar-refractivity contribution >= 4 is 28.6 Å². The number of aliphatic imine (C=N–C) groups is 1. The molecule has 4 heterocycles. The molecule has 0 bridgehead atoms. The number of rotatable bonds is 2. The van der Waals surface area contributed by atoms with Gasteiger partial charge in [-0.25, -0.2) is 4.98 Å². The zero-order valence-electron chi connectivity index (χ0n) is 19.8. The molecule has 2 unspecified atom stereocenters. The van der Waals surface area contributed by atoms with E-state index in [0.29, 0.717) is 5.96 Å². The molecule has 0 radical (unpaired) electrons. The fraction of sp³-hybridized carbons (Fsp3) is 0.458. The van der Waals surface area contributed by atoms with Gasteiger partial charge in [-0.3, -0.25) is 14.6 Å². The summed E-state index contributed by atoms with van der Waals surface area (Å²) in [4.78, 5) is 20.4. The predicted octanol–water partition coefficient (Wildman–Crippen LogP) is 2.90. The first kappa shape index (κ1) is 21.2. The molecule has 0 saturated carbocycles. The van der Waals surface area contributed by atoms with Crippen LogP contribution in [0.3, 0.4) is 0 Å². The topological polar surface area (TPSA) is 89.5 Å². The first-order valence-corrected chi connectivity index (χ1v) is 11.3. The molecule has 2 saturated heterocycles. The Hall–Kier alpha value is -3.67. The van der Waals surface area contributed by atoms with Crippen molar-refractivity contribution in [2.75, 3.05) is 29.4 Å². The summed E-state index contributed by atoms with van der Waals surface area (Å²) >= 11 is 0. The van der Waals surface area contributed by atoms with Gasteiger partial charge in [0.25, 0.3) is 0 Å². The van der Waals surface area contributed by atoms with Crippen LogP contribution >= 0.6 is 0 Å². The average molecular weight is 444 g/mol. The number of benzene rings is 1. The molecule has 2 atom stereocenters. The maximum atomic E-state index is 9.46. The van der Waals surface area contributed by atoms with E-state index in [1.54, 1.807) is 0 Å². The van der Waals surface area contributed by atoms with Gasteiger partial charge in [0.05, 0.1) is 35.0 Å². The lowest BCUT2D eigenvalue weighted by Gasteiger charge is -2.38. The number of piperazine rings is 1. The second-order valence-corrected chi connectivity index (χ2v) is 9.81. The van der Waals surface area contributed by atoms with Crippen molar-refractivity contribution in [3.63, 3.8) is 0 Å². The van der Waals surface area contributed by atoms with Gasteiger partial charge in [-0.05, 0) is 19.1 Å². The molecule has 9 heteroatoms. The molecule has 1 aromatic carbocycles. The van der Waals surface area contributed by atoms with Gasteiger partial charge in [-0.2, -0.15) is 10.4 Å². The highest BCUT2D eigenvalue weighted by Gasteiger charge is 2.46. The van der Waals surface area contributed by atoms with Crippen molar-refractivity contribution in [1.82, 2.24) is 24.6 Å². The minimum absolute atomic E-state index is 0.0654. The third-order valence-electron chi connectivity index (χ3n) is 6.64. The lowest BCUT2D eigenvalue weighted by Crippen LogP contribution is -2.54. The van der Waals surface area contributed by atoms with E-state index in [0.717, 1.165) is 48.0 Å². The van der Waals surface area contributed by atoms with Gasteiger partial charge in [0.15, 0.2) is 0 Å². The van der Waals surface area contributed by atoms with Crippen molar-refractivity contribution in [2.45, 2.75) is 45.2 Å². The van der Waals surface area contributed by atoms with Gasteiger partial charge in [-0.15, -0.1) is 4.99 Å². The Morgan fingerprint density at radius 2 is 1.91 bits per heavy atom. The largest absolute Gasteiger partial charge is 0.351 e. The van der Waals surface area contributed by atoms with Gasteiger partial charge in [-0.1, -0.05) is 32.9 Å². The molecule has 9 nitrogen and oxygen atoms in total. The number of hydrogen-bond acceptors (Lipinski definition) is 6. The van der Waals surface area contributed by atoms with E-state index in [1.807, 2.05) is 48.4 Å². The zero-order chi connectivity index (χ0) is 23.3. The molecule has 5 rings (SSSR count). The molecule has 2 fully saturated rings. The van der Waals surface area contributed by atoms with E-state index in [-0.39, 0.29) is 17.5 Å². The Kier molecular flexibility index (Phi) is 4.96. The van der Waals surface area contributed by atoms with Gasteiger partial charge >= 0.3 is 0 Å². The van der Waals surface area contributed by atoms with Crippen LogP contribution in [-0.4, -0.2) is 62.3 Å². The third-order valence-corrected chi connectivity index (χ3v) is 6.64. The number of para-hydroxylation sites is 2. The van der Waals surface area contributed by atoms with Crippen molar-refractivity contribution in [1.29, 1.82) is 5.26 Å². The number of fused-ring (bicyclic) bond motifs is 2. The molecule has 0 spiro atoms. The van der Waals surface area contributed by atoms with Crippen molar-refractivity contribution in [3.05, 3.63) is 42.2 Å². The lowest BCUT2D eigenvalue weighted by molar-refractivity contribution is 0.288. The minimum Gasteiger partial charge on any atom is -0.351 e. The summed E-state index contributed by atoms with van der Waals surface area (Å²) in [6.45, 7) is 11.0. The maximum Gasteiger partial charge on any atom is 0.218 e. The van der Waals surface area contributed by atoms with Crippen LogP contribution in [0.1, 0.15) is 33.4 Å². The van der Waals surface area contributed by atoms with Crippen LogP contribution in [0.25, 0.3) is 11.0 Å². The fourth-order valence-electron chi connectivity index (χ4n) is 4.79. The molecule has 0 amide bonds. The van der Waals surface area contributed by atoms with E-state index in [4.69, 9.17) is 10.1 Å². The molecular weight excluding hydrogens is 414 g/mol. The smallest absolute Gasteiger partial charge is 0.218 e. The summed E-state index contributed by atoms with van der Waals surface area (Å²) in [5.74, 6) is 2.53. The number of guanidine groups is 1. The molecule has 0 aliphatic carbocycles. The number of aryl methyl sites for hydroxylation is 1. The Bertz CT molecular complexity index is 1260. The predicted molar refractivity (Wildman–Crippen MR) is 129 cm³/mol. The third kappa shape index (κ3) is 3.55. The van der Waals surface area contributed by atoms with Crippen molar-refractivity contribution < 1.29 is 0 Å². The van der Waals surface area contributed by atoms with Gasteiger partial charge in [0, 0.05) is 38.2 Å². The van der Waals surface area contributed by atoms with Crippen LogP contribution in [0.15, 0.2) is 41.5 Å². The van der Waals surface area contributed by atoms with E-state index < -0.39 is 0 Å². The summed E-state index contributed by atoms with van der Waals surface area (Å²) in [5.41, 5.74) is 2.75. The summed E-state index contributed by atoms with van der Waals surface area (Å²) in [5, 5.41) is 14.2. The molecule has 2 aliphatic rings. The molecule has 33 heavy (non-hydrogen) atoms. The second kappa shape index (κ2) is 7.73. The van der Waals surface area contributed by atoms with Crippen LogP contribution in [0.2, 0.25) is 0 Å². The van der Waals surface area contributed by atoms with Gasteiger partial charge < -0.3 is 9.80 Å². The monoisotopic (exact) mass is 443 g/mol. The fourth-order valence-corrected chi connectivity index (χ4v) is 4.79. The number of nitrogens with zero attached hydrogens (tertiary/aromatic N) is 9. The lowest BCUT2D eigenvalue weighted by atomic mass is 9.92. The first-order chi connectivity index (χ1) is 15.8. The summed E-state index contributed by atoms with van der Waals surface area (Å²) in [7, 11) is 1.95. The SMILES string of the molecule is CC1C2CN(c3cnc4ccccc4n3)CCN2C(=NC#N)N1c1cc(C(C)(C)C)nn1C. The Balaban J connectivity index is 1.48. The van der Waals surface area contributed by atoms with E-state index in [1.165, 1.54) is 0 Å². The van der Waals surface area contributed by atoms with Crippen molar-refractivity contribution in [3.8, 4) is 6.19 Å². The van der Waals surface area contributed by atoms with Crippen LogP contribution < -0.4 is 9.80 Å². The summed E-state index contributed by atoms with van der Waals surface area (Å²) < 4.78 is 1.90. The Morgan fingerprint density at radius 3 is 2.61 bits per heavy atom. The Labute approximate surface area is 194 Å². The number of aromatic nitrogens is 4. The molecule has 3 aromatic rings. The second-order valence-electron chi connectivity index (χ2n) is 9.81. The van der Waals surface area contributed by atoms with E-state index in [9.17, 15) is 5.26 Å². The number of hydrogen-bond donors (Lipinski definition) is 0. The van der Waals surface area contributed by atoms with Crippen LogP contribution in [-0.2, 0) is 12.5 Å². The quantitative estimate of drug-likeness (QED) is 0.563. The van der Waals surface area contributed by atoms with E-state index >= 15 is 0 Å². The highest BCUT2D eigenvalue weighted by atomic mass is 15.5. The average Bonchev–Trinajstić information content (AvgIpc) is 3.31. The van der Waals surface area contributed by atoms with E-state index in [2.05, 4.69) is 58.4 Å². The molecule has 2 aromatic heterocycles. The summed E-state index contributed by atoms with van der Waals surface area (Å²) in [6.07, 6.45) is 3.88. The van der Waals surface area contributed by atoms with Crippen LogP contribution in [0, 0.1) is 11.5 Å². The highest BCUT2D eigenvalue weighted by Crippen LogP contribution is 2.34. The van der Waals surface area contributed by atoms with Gasteiger partial charge in [0.2, 0.25) is 12.2 Å². The zero-order valence-corrected chi connectivity index (χ0v) is 19.8. The number of nitriles is 1. The normalized spacial score (nSPS) is 22.2. The molecular formula is C24H29N9. The molecule has 0 N–H and O–H groups in total. The number of anilines is 2. The Morgan fingerprint density at radius 1 is 1.15 bits per heavy atom. The summed E-state index contributed by atoms with van der Waals surface area (Å²) in [6, 6.07) is 10.3.